The molecule has 1 aromatic heterocycles. The van der Waals surface area contributed by atoms with E-state index in [1.165, 1.54) is 0 Å². The first-order valence-corrected chi connectivity index (χ1v) is 46.5. The van der Waals surface area contributed by atoms with E-state index in [9.17, 15) is 30.2 Å². The van der Waals surface area contributed by atoms with Gasteiger partial charge in [-0.05, 0) is 271 Å². The van der Waals surface area contributed by atoms with E-state index in [-0.39, 0.29) is 176 Å². The molecule has 0 fully saturated rings. The first kappa shape index (κ1) is 67.5. The van der Waals surface area contributed by atoms with Crippen molar-refractivity contribution in [1.29, 1.82) is 0 Å². The standard InChI is InChI=1S/C126H148BN3/c1-115(2,3)84-50-45-78(46-51-84)95-72-92(123(25,26)27)74-97(83-63-90(121(19,20)21)69-91(64-83)122(22,23)24)113(95)129-107-65-80(77-41-38-37-39-42-77)49-57-103(107)127-104-58-56-94(128-105-59-54-86(117(7,8)9)70-98(105)99-71-87(118(10,11)12)55-60-106(99)128)76-108(104)130(110-67-82(66-109(129)112(110)127)81-61-88(119(13,14)15)68-89(62-81)120(16,17)18)114-96(79-47-52-85(53-48-79)116(4,5)6)73-93(124(28,29)30)75-100(114)111-101(125(31,32)33)43-40-44-102(111)126(34,35)36/h37-76H,1-36H3/i37D,38D,39D,40D,41D,42D,43D,44D,45D,46D,47D,48D,50D,51D,52D,53D,63D,64D,69D,72D,73D,74D,75D. The SMILES string of the molecule is [2H]c1c([2H])c([2H])c(-c2ccc3c(c2)N(c2c(-c4c([2H])c([2H])c(C(C)(C)C)c([2H])c4[2H])c([2H])c(C(C)(C)C)c([2H])c2-c2c([2H])c(C(C)(C)C)c([2H])c(C(C)(C)C)c2[2H])c2cc(-c4cc(C(C)(C)C)cc(C(C)(C)C)c4)cc4c2B3c2ccc(-n3c5ccc(C(C)(C)C)cc5c5cc(C(C)(C)C)ccc53)cc2N4c2c(-c3c([2H])c([2H])c(C(C)(C)C)c([2H])c3[2H])c([2H])c(C(C)(C)C)c([2H])c2-c2c(C(C)(C)C)c([2H])c([2H])c([2H])c2C(C)(C)C)c([2H])c1[2H]. The summed E-state index contributed by atoms with van der Waals surface area (Å²) >= 11 is 0. The van der Waals surface area contributed by atoms with E-state index in [1.807, 2.05) is 175 Å². The van der Waals surface area contributed by atoms with Crippen LogP contribution < -0.4 is 26.2 Å². The second-order valence-corrected chi connectivity index (χ2v) is 49.1. The highest BCUT2D eigenvalue weighted by Crippen LogP contribution is 2.59. The smallest absolute Gasteiger partial charge is 0.252 e. The summed E-state index contributed by atoms with van der Waals surface area (Å²) in [6, 6.07) is 24.0. The van der Waals surface area contributed by atoms with E-state index in [0.29, 0.717) is 38.9 Å². The van der Waals surface area contributed by atoms with Gasteiger partial charge >= 0.3 is 0 Å². The normalized spacial score (nSPS) is 16.4. The minimum atomic E-state index is -1.31. The molecule has 0 saturated carbocycles. The van der Waals surface area contributed by atoms with Gasteiger partial charge in [0.25, 0.3) is 6.71 Å². The van der Waals surface area contributed by atoms with Crippen LogP contribution in [0.1, 0.15) is 348 Å². The van der Waals surface area contributed by atoms with Crippen LogP contribution in [-0.2, 0) is 65.0 Å². The Kier molecular flexibility index (Phi) is 16.4. The predicted octanol–water partition coefficient (Wildman–Crippen LogP) is 34.4. The minimum Gasteiger partial charge on any atom is -0.310 e. The van der Waals surface area contributed by atoms with E-state index in [0.717, 1.165) is 44.1 Å². The van der Waals surface area contributed by atoms with Crippen LogP contribution in [0.4, 0.5) is 34.1 Å². The summed E-state index contributed by atoms with van der Waals surface area (Å²) in [7, 11) is 0. The predicted molar refractivity (Wildman–Crippen MR) is 572 cm³/mol. The first-order chi connectivity index (χ1) is 69.7. The Labute approximate surface area is 816 Å². The van der Waals surface area contributed by atoms with Crippen molar-refractivity contribution >= 4 is 79.0 Å². The second-order valence-electron chi connectivity index (χ2n) is 49.1. The lowest BCUT2D eigenvalue weighted by atomic mass is 9.33. The lowest BCUT2D eigenvalue weighted by molar-refractivity contribution is 0.568. The van der Waals surface area contributed by atoms with Gasteiger partial charge in [-0.1, -0.05) is 413 Å². The molecule has 16 rings (SSSR count). The van der Waals surface area contributed by atoms with Gasteiger partial charge in [0.2, 0.25) is 0 Å². The Morgan fingerprint density at radius 3 is 0.985 bits per heavy atom. The molecule has 0 spiro atoms. The van der Waals surface area contributed by atoms with Crippen LogP contribution in [0.3, 0.4) is 0 Å². The lowest BCUT2D eigenvalue weighted by Gasteiger charge is -2.46. The van der Waals surface area contributed by atoms with Gasteiger partial charge in [0.15, 0.2) is 0 Å². The number of anilines is 6. The van der Waals surface area contributed by atoms with Gasteiger partial charge in [-0.2, -0.15) is 0 Å². The van der Waals surface area contributed by atoms with Crippen LogP contribution in [0.5, 0.6) is 0 Å². The monoisotopic (exact) mass is 1740 g/mol. The summed E-state index contributed by atoms with van der Waals surface area (Å²) in [5, 5.41) is 1.86. The van der Waals surface area contributed by atoms with Crippen LogP contribution in [0, 0.1) is 0 Å². The molecule has 0 atom stereocenters. The number of hydrogen-bond acceptors (Lipinski definition) is 2. The van der Waals surface area contributed by atoms with E-state index in [2.05, 4.69) is 148 Å². The van der Waals surface area contributed by atoms with Gasteiger partial charge in [-0.3, -0.25) is 0 Å². The lowest BCUT2D eigenvalue weighted by Crippen LogP contribution is -2.61. The minimum absolute atomic E-state index is 0.0115. The van der Waals surface area contributed by atoms with Crippen molar-refractivity contribution in [2.24, 2.45) is 0 Å². The summed E-state index contributed by atoms with van der Waals surface area (Å²) in [5.74, 6) is 0. The average molecular weight is 1740 g/mol. The number of hydrogen-bond donors (Lipinski definition) is 0. The average Bonchev–Trinajstić information content (AvgIpc) is 0.853. The van der Waals surface area contributed by atoms with Gasteiger partial charge in [-0.15, -0.1) is 0 Å². The van der Waals surface area contributed by atoms with E-state index < -0.39 is 163 Å². The molecule has 2 aliphatic heterocycles. The molecule has 0 bridgehead atoms. The Morgan fingerprint density at radius 1 is 0.231 bits per heavy atom. The zero-order valence-corrected chi connectivity index (χ0v) is 84.2. The topological polar surface area (TPSA) is 11.4 Å². The van der Waals surface area contributed by atoms with Gasteiger partial charge in [0.1, 0.15) is 0 Å². The Hall–Kier alpha value is -10.7. The number of rotatable bonds is 9. The van der Waals surface area contributed by atoms with E-state index >= 15 is 0 Å². The fourth-order valence-electron chi connectivity index (χ4n) is 17.9. The summed E-state index contributed by atoms with van der Waals surface area (Å²) in [6.45, 7) is 69.0. The Bertz CT molecular complexity index is 8020. The fourth-order valence-corrected chi connectivity index (χ4v) is 17.9. The molecule has 130 heavy (non-hydrogen) atoms. The van der Waals surface area contributed by atoms with Crippen LogP contribution in [0.15, 0.2) is 242 Å². The molecule has 13 aromatic carbocycles. The zero-order chi connectivity index (χ0) is 115. The molecular formula is C126H148BN3. The molecule has 0 aliphatic carbocycles. The third-order valence-electron chi connectivity index (χ3n) is 25.9. The molecule has 670 valence electrons. The number of fused-ring (bicyclic) bond motifs is 7. The van der Waals surface area contributed by atoms with Crippen molar-refractivity contribution in [3.63, 3.8) is 0 Å². The Balaban J connectivity index is 1.33. The molecule has 0 radical (unpaired) electrons. The maximum absolute atomic E-state index is 12.1. The molecule has 0 unspecified atom stereocenters. The molecular weight excluding hydrogens is 1570 g/mol. The van der Waals surface area contributed by atoms with Gasteiger partial charge < -0.3 is 14.4 Å². The molecule has 4 heteroatoms. The van der Waals surface area contributed by atoms with Crippen molar-refractivity contribution in [1.82, 2.24) is 4.57 Å². The van der Waals surface area contributed by atoms with Crippen molar-refractivity contribution in [2.75, 3.05) is 9.80 Å². The molecule has 0 N–H and O–H groups in total. The molecule has 3 nitrogen and oxygen atoms in total. The van der Waals surface area contributed by atoms with Gasteiger partial charge in [-0.25, -0.2) is 0 Å². The number of aromatic nitrogens is 1. The highest BCUT2D eigenvalue weighted by atomic mass is 15.2. The number of benzene rings is 13. The highest BCUT2D eigenvalue weighted by Gasteiger charge is 2.48. The largest absolute Gasteiger partial charge is 0.310 e. The number of nitrogens with zero attached hydrogens (tertiary/aromatic N) is 3. The summed E-state index contributed by atoms with van der Waals surface area (Å²) in [5.41, 5.74) is -3.66. The molecule has 3 heterocycles. The van der Waals surface area contributed by atoms with Crippen LogP contribution >= 0.6 is 0 Å². The van der Waals surface area contributed by atoms with Crippen molar-refractivity contribution in [2.45, 2.75) is 314 Å². The molecule has 0 amide bonds. The summed E-state index contributed by atoms with van der Waals surface area (Å²) in [6.07, 6.45) is 0. The maximum atomic E-state index is 12.1. The Morgan fingerprint density at radius 2 is 0.585 bits per heavy atom. The molecule has 2 aliphatic rings. The summed E-state index contributed by atoms with van der Waals surface area (Å²) < 4.78 is 250. The van der Waals surface area contributed by atoms with E-state index in [1.54, 1.807) is 43.9 Å². The molecule has 0 saturated heterocycles. The molecule has 14 aromatic rings. The van der Waals surface area contributed by atoms with Crippen molar-refractivity contribution in [3.8, 4) is 72.4 Å². The van der Waals surface area contributed by atoms with Crippen molar-refractivity contribution < 1.29 is 31.5 Å². The van der Waals surface area contributed by atoms with Crippen LogP contribution in [-0.4, -0.2) is 11.3 Å². The highest BCUT2D eigenvalue weighted by molar-refractivity contribution is 7.00. The van der Waals surface area contributed by atoms with Gasteiger partial charge in [0, 0.05) is 61.5 Å². The van der Waals surface area contributed by atoms with Crippen LogP contribution in [0.25, 0.3) is 94.3 Å². The van der Waals surface area contributed by atoms with Crippen LogP contribution in [0.2, 0.25) is 0 Å². The third-order valence-corrected chi connectivity index (χ3v) is 25.9. The van der Waals surface area contributed by atoms with Crippen molar-refractivity contribution in [3.05, 3.63) is 309 Å². The third kappa shape index (κ3) is 17.3. The quantitative estimate of drug-likeness (QED) is 0.133. The van der Waals surface area contributed by atoms with Gasteiger partial charge in [0.05, 0.1) is 53.9 Å². The summed E-state index contributed by atoms with van der Waals surface area (Å²) in [4.78, 5) is 3.75. The maximum Gasteiger partial charge on any atom is 0.252 e. The fraction of sp³-hybridized carbons (Fsp3) is 0.381. The second kappa shape index (κ2) is 31.5. The first-order valence-electron chi connectivity index (χ1n) is 58.0. The zero-order valence-electron chi connectivity index (χ0n) is 107. The van der Waals surface area contributed by atoms with E-state index in [4.69, 9.17) is 1.37 Å².